The summed E-state index contributed by atoms with van der Waals surface area (Å²) in [7, 11) is 0. The van der Waals surface area contributed by atoms with Crippen molar-refractivity contribution in [3.05, 3.63) is 24.5 Å². The Morgan fingerprint density at radius 1 is 1.60 bits per heavy atom. The number of aromatic nitrogens is 2. The fraction of sp³-hybridized carbons (Fsp3) is 0.143. The minimum atomic E-state index is 0.646. The summed E-state index contributed by atoms with van der Waals surface area (Å²) in [5, 5.41) is 7.22. The Bertz CT molecular complexity index is 262. The highest BCUT2D eigenvalue weighted by Crippen LogP contribution is 2.12. The summed E-state index contributed by atoms with van der Waals surface area (Å²) >= 11 is 0. The van der Waals surface area contributed by atoms with E-state index in [0.29, 0.717) is 11.4 Å². The molecule has 10 heavy (non-hydrogen) atoms. The van der Waals surface area contributed by atoms with Crippen LogP contribution in [0.5, 0.6) is 0 Å². The molecule has 0 unspecified atom stereocenters. The van der Waals surface area contributed by atoms with Crippen LogP contribution in [0.25, 0.3) is 11.6 Å². The summed E-state index contributed by atoms with van der Waals surface area (Å²) in [6, 6.07) is 0. The molecule has 0 aliphatic rings. The van der Waals surface area contributed by atoms with Gasteiger partial charge in [-0.25, -0.2) is 4.63 Å². The molecule has 0 atom stereocenters. The molecule has 1 aromatic heterocycles. The maximum atomic E-state index is 4.47. The number of hydrogen-bond acceptors (Lipinski definition) is 3. The molecule has 3 heteroatoms. The Balaban J connectivity index is 3.13. The first-order chi connectivity index (χ1) is 4.75. The second-order valence-corrected chi connectivity index (χ2v) is 1.98. The minimum Gasteiger partial charge on any atom is -0.243 e. The minimum absolute atomic E-state index is 0.646. The van der Waals surface area contributed by atoms with E-state index < -0.39 is 0 Å². The van der Waals surface area contributed by atoms with E-state index in [9.17, 15) is 0 Å². The maximum Gasteiger partial charge on any atom is 0.137 e. The molecule has 1 aromatic rings. The van der Waals surface area contributed by atoms with Crippen LogP contribution < -0.4 is 0 Å². The van der Waals surface area contributed by atoms with Crippen LogP contribution in [-0.4, -0.2) is 10.3 Å². The predicted octanol–water partition coefficient (Wildman–Crippen LogP) is 1.75. The van der Waals surface area contributed by atoms with Gasteiger partial charge in [-0.1, -0.05) is 13.2 Å². The maximum absolute atomic E-state index is 4.47. The van der Waals surface area contributed by atoms with Gasteiger partial charge in [0.2, 0.25) is 0 Å². The van der Waals surface area contributed by atoms with Gasteiger partial charge in [0.15, 0.2) is 0 Å². The lowest BCUT2D eigenvalue weighted by Crippen LogP contribution is -1.80. The van der Waals surface area contributed by atoms with Crippen LogP contribution in [-0.2, 0) is 0 Å². The predicted molar refractivity (Wildman–Crippen MR) is 39.1 cm³/mol. The van der Waals surface area contributed by atoms with Gasteiger partial charge in [0.25, 0.3) is 0 Å². The van der Waals surface area contributed by atoms with Gasteiger partial charge in [-0.3, -0.25) is 0 Å². The van der Waals surface area contributed by atoms with Gasteiger partial charge in [0, 0.05) is 0 Å². The fourth-order valence-electron chi connectivity index (χ4n) is 0.626. The van der Waals surface area contributed by atoms with Crippen molar-refractivity contribution in [2.24, 2.45) is 0 Å². The van der Waals surface area contributed by atoms with E-state index in [2.05, 4.69) is 28.1 Å². The third-order valence-electron chi connectivity index (χ3n) is 1.11. The standard InChI is InChI=1S/C7H8N2O/c1-4-6-7(5(2)3)9-10-8-6/h4H,1-2H2,3H3. The van der Waals surface area contributed by atoms with Gasteiger partial charge in [0.05, 0.1) is 0 Å². The Kier molecular flexibility index (Phi) is 1.67. The largest absolute Gasteiger partial charge is 0.243 e. The third kappa shape index (κ3) is 0.978. The van der Waals surface area contributed by atoms with E-state index in [1.165, 1.54) is 0 Å². The van der Waals surface area contributed by atoms with E-state index >= 15 is 0 Å². The lowest BCUT2D eigenvalue weighted by Gasteiger charge is -1.87. The average Bonchev–Trinajstić information content (AvgIpc) is 2.33. The van der Waals surface area contributed by atoms with Gasteiger partial charge in [0.1, 0.15) is 11.4 Å². The number of nitrogens with zero attached hydrogens (tertiary/aromatic N) is 2. The number of hydrogen-bond donors (Lipinski definition) is 0. The molecule has 0 spiro atoms. The van der Waals surface area contributed by atoms with Crippen LogP contribution in [0.2, 0.25) is 0 Å². The molecule has 0 saturated heterocycles. The van der Waals surface area contributed by atoms with Gasteiger partial charge in [-0.2, -0.15) is 0 Å². The lowest BCUT2D eigenvalue weighted by molar-refractivity contribution is 0.305. The van der Waals surface area contributed by atoms with Crippen molar-refractivity contribution in [2.45, 2.75) is 6.92 Å². The summed E-state index contributed by atoms with van der Waals surface area (Å²) in [6.07, 6.45) is 1.58. The van der Waals surface area contributed by atoms with Crippen molar-refractivity contribution in [1.82, 2.24) is 10.3 Å². The Morgan fingerprint density at radius 3 is 2.70 bits per heavy atom. The first-order valence-corrected chi connectivity index (χ1v) is 2.86. The second-order valence-electron chi connectivity index (χ2n) is 1.98. The molecule has 0 aliphatic heterocycles. The molecular weight excluding hydrogens is 128 g/mol. The van der Waals surface area contributed by atoms with Crippen LogP contribution >= 0.6 is 0 Å². The first kappa shape index (κ1) is 6.74. The molecule has 0 fully saturated rings. The van der Waals surface area contributed by atoms with Crippen molar-refractivity contribution in [2.75, 3.05) is 0 Å². The van der Waals surface area contributed by atoms with Gasteiger partial charge >= 0.3 is 0 Å². The lowest BCUT2D eigenvalue weighted by atomic mass is 10.2. The molecule has 0 saturated carbocycles. The molecule has 3 nitrogen and oxygen atoms in total. The molecule has 1 heterocycles. The van der Waals surface area contributed by atoms with Crippen LogP contribution in [0.4, 0.5) is 0 Å². The van der Waals surface area contributed by atoms with Crippen molar-refractivity contribution in [3.63, 3.8) is 0 Å². The molecular formula is C7H8N2O. The molecule has 52 valence electrons. The zero-order chi connectivity index (χ0) is 7.56. The molecule has 0 N–H and O–H groups in total. The van der Waals surface area contributed by atoms with Crippen LogP contribution in [0.3, 0.4) is 0 Å². The van der Waals surface area contributed by atoms with Gasteiger partial charge < -0.3 is 0 Å². The molecule has 0 amide bonds. The van der Waals surface area contributed by atoms with Crippen LogP contribution in [0.15, 0.2) is 17.8 Å². The van der Waals surface area contributed by atoms with Crippen LogP contribution in [0, 0.1) is 0 Å². The average molecular weight is 136 g/mol. The highest BCUT2D eigenvalue weighted by Gasteiger charge is 2.05. The second kappa shape index (κ2) is 2.47. The van der Waals surface area contributed by atoms with Crippen molar-refractivity contribution in [1.29, 1.82) is 0 Å². The van der Waals surface area contributed by atoms with Crippen molar-refractivity contribution < 1.29 is 4.63 Å². The van der Waals surface area contributed by atoms with Gasteiger partial charge in [-0.15, -0.1) is 0 Å². The van der Waals surface area contributed by atoms with Crippen molar-refractivity contribution >= 4 is 11.6 Å². The van der Waals surface area contributed by atoms with E-state index in [1.54, 1.807) is 6.08 Å². The SMILES string of the molecule is C=Cc1nonc1C(=C)C. The molecule has 0 aliphatic carbocycles. The summed E-state index contributed by atoms with van der Waals surface area (Å²) in [5.74, 6) is 0. The van der Waals surface area contributed by atoms with Crippen molar-refractivity contribution in [3.8, 4) is 0 Å². The molecule has 0 bridgehead atoms. The zero-order valence-electron chi connectivity index (χ0n) is 5.79. The number of allylic oxidation sites excluding steroid dienone is 1. The molecule has 0 radical (unpaired) electrons. The third-order valence-corrected chi connectivity index (χ3v) is 1.11. The Labute approximate surface area is 59.0 Å². The topological polar surface area (TPSA) is 38.9 Å². The summed E-state index contributed by atoms with van der Waals surface area (Å²) in [4.78, 5) is 0. The smallest absolute Gasteiger partial charge is 0.137 e. The van der Waals surface area contributed by atoms with E-state index in [4.69, 9.17) is 0 Å². The summed E-state index contributed by atoms with van der Waals surface area (Å²) in [5.41, 5.74) is 2.15. The molecule has 1 rings (SSSR count). The number of rotatable bonds is 2. The summed E-state index contributed by atoms with van der Waals surface area (Å²) < 4.78 is 4.47. The normalized spacial score (nSPS) is 9.30. The molecule has 0 aromatic carbocycles. The highest BCUT2D eigenvalue weighted by atomic mass is 16.6. The van der Waals surface area contributed by atoms with E-state index in [1.807, 2.05) is 6.92 Å². The monoisotopic (exact) mass is 136 g/mol. The Morgan fingerprint density at radius 2 is 2.30 bits per heavy atom. The quantitative estimate of drug-likeness (QED) is 0.621. The van der Waals surface area contributed by atoms with Gasteiger partial charge in [-0.05, 0) is 28.9 Å². The summed E-state index contributed by atoms with van der Waals surface area (Å²) in [6.45, 7) is 9.08. The Hall–Kier alpha value is -1.38. The highest BCUT2D eigenvalue weighted by molar-refractivity contribution is 5.65. The first-order valence-electron chi connectivity index (χ1n) is 2.86. The van der Waals surface area contributed by atoms with E-state index in [-0.39, 0.29) is 0 Å². The van der Waals surface area contributed by atoms with Crippen LogP contribution in [0.1, 0.15) is 18.3 Å². The van der Waals surface area contributed by atoms with E-state index in [0.717, 1.165) is 5.57 Å². The fourth-order valence-corrected chi connectivity index (χ4v) is 0.626. The zero-order valence-corrected chi connectivity index (χ0v) is 5.79.